The van der Waals surface area contributed by atoms with Crippen LogP contribution in [0.5, 0.6) is 0 Å². The van der Waals surface area contributed by atoms with E-state index in [1.807, 2.05) is 49.4 Å². The molecule has 3 rings (SSSR count). The Bertz CT molecular complexity index is 926. The van der Waals surface area contributed by atoms with Crippen molar-refractivity contribution in [3.8, 4) is 11.3 Å². The van der Waals surface area contributed by atoms with Crippen LogP contribution in [0.25, 0.3) is 22.2 Å². The second kappa shape index (κ2) is 9.03. The van der Waals surface area contributed by atoms with Crippen molar-refractivity contribution in [3.05, 3.63) is 63.6 Å². The largest absolute Gasteiger partial charge is 0.387 e. The van der Waals surface area contributed by atoms with Crippen LogP contribution in [0.15, 0.2) is 42.5 Å². The van der Waals surface area contributed by atoms with Crippen molar-refractivity contribution in [3.63, 3.8) is 0 Å². The van der Waals surface area contributed by atoms with Gasteiger partial charge < -0.3 is 10.4 Å². The number of nitrogens with one attached hydrogen (secondary N) is 1. The van der Waals surface area contributed by atoms with Gasteiger partial charge in [-0.1, -0.05) is 48.7 Å². The number of halogens is 2. The summed E-state index contributed by atoms with van der Waals surface area (Å²) in [5, 5.41) is 16.5. The first-order valence-corrected chi connectivity index (χ1v) is 10.0. The molecule has 0 amide bonds. The van der Waals surface area contributed by atoms with Crippen LogP contribution in [0.3, 0.4) is 0 Å². The molecule has 0 aliphatic rings. The minimum atomic E-state index is -0.626. The van der Waals surface area contributed by atoms with Crippen LogP contribution in [0, 0.1) is 6.92 Å². The maximum Gasteiger partial charge on any atom is 0.0921 e. The molecule has 2 N–H and O–H groups in total. The Kier molecular flexibility index (Phi) is 6.72. The van der Waals surface area contributed by atoms with E-state index in [2.05, 4.69) is 12.2 Å². The number of aryl methyl sites for hydroxylation is 1. The van der Waals surface area contributed by atoms with E-state index < -0.39 is 6.10 Å². The highest BCUT2D eigenvalue weighted by atomic mass is 35.5. The van der Waals surface area contributed by atoms with E-state index in [0.717, 1.165) is 52.7 Å². The van der Waals surface area contributed by atoms with Gasteiger partial charge in [0.05, 0.1) is 17.3 Å². The molecule has 1 heterocycles. The Hall–Kier alpha value is -1.65. The van der Waals surface area contributed by atoms with Crippen LogP contribution in [0.4, 0.5) is 0 Å². The number of rotatable bonds is 7. The van der Waals surface area contributed by atoms with E-state index in [1.165, 1.54) is 0 Å². The van der Waals surface area contributed by atoms with Gasteiger partial charge in [-0.3, -0.25) is 0 Å². The van der Waals surface area contributed by atoms with E-state index >= 15 is 0 Å². The second-order valence-electron chi connectivity index (χ2n) is 6.80. The number of aliphatic hydroxyl groups excluding tert-OH is 1. The lowest BCUT2D eigenvalue weighted by molar-refractivity contribution is 0.176. The number of pyridine rings is 1. The Morgan fingerprint density at radius 1 is 1.11 bits per heavy atom. The Labute approximate surface area is 170 Å². The minimum Gasteiger partial charge on any atom is -0.387 e. The third kappa shape index (κ3) is 4.80. The van der Waals surface area contributed by atoms with Gasteiger partial charge in [0.15, 0.2) is 0 Å². The number of hydrogen-bond acceptors (Lipinski definition) is 3. The highest BCUT2D eigenvalue weighted by molar-refractivity contribution is 6.32. The third-order valence-corrected chi connectivity index (χ3v) is 5.32. The summed E-state index contributed by atoms with van der Waals surface area (Å²) < 4.78 is 0. The summed E-state index contributed by atoms with van der Waals surface area (Å²) in [4.78, 5) is 4.77. The maximum absolute atomic E-state index is 10.8. The number of unbranched alkanes of at least 4 members (excludes halogenated alkanes) is 1. The van der Waals surface area contributed by atoms with E-state index in [0.29, 0.717) is 16.6 Å². The predicted molar refractivity (Wildman–Crippen MR) is 115 cm³/mol. The topological polar surface area (TPSA) is 45.1 Å². The number of nitrogens with zero attached hydrogens (tertiary/aromatic N) is 1. The number of benzene rings is 2. The van der Waals surface area contributed by atoms with Gasteiger partial charge in [0.2, 0.25) is 0 Å². The van der Waals surface area contributed by atoms with Gasteiger partial charge in [0, 0.05) is 27.5 Å². The van der Waals surface area contributed by atoms with E-state index in [-0.39, 0.29) is 0 Å². The normalized spacial score (nSPS) is 12.5. The van der Waals surface area contributed by atoms with Gasteiger partial charge in [0.1, 0.15) is 0 Å². The monoisotopic (exact) mass is 402 g/mol. The van der Waals surface area contributed by atoms with E-state index in [9.17, 15) is 5.11 Å². The standard InChI is InChI=1S/C22H24Cl2N2O/c1-3-4-9-25-13-22(27)18-11-20(15-5-7-16(23)8-6-15)26-21-12-19(24)14(2)10-17(18)21/h5-8,10-12,22,25,27H,3-4,9,13H2,1-2H3. The fourth-order valence-electron chi connectivity index (χ4n) is 3.08. The molecule has 0 saturated carbocycles. The molecule has 27 heavy (non-hydrogen) atoms. The molecule has 0 saturated heterocycles. The van der Waals surface area contributed by atoms with E-state index in [1.54, 1.807) is 0 Å². The van der Waals surface area contributed by atoms with Crippen molar-refractivity contribution in [1.29, 1.82) is 0 Å². The lowest BCUT2D eigenvalue weighted by Gasteiger charge is -2.17. The summed E-state index contributed by atoms with van der Waals surface area (Å²) in [6, 6.07) is 13.4. The fourth-order valence-corrected chi connectivity index (χ4v) is 3.36. The summed E-state index contributed by atoms with van der Waals surface area (Å²) in [7, 11) is 0. The van der Waals surface area contributed by atoms with Crippen LogP contribution < -0.4 is 5.32 Å². The highest BCUT2D eigenvalue weighted by Crippen LogP contribution is 2.32. The Morgan fingerprint density at radius 3 is 2.56 bits per heavy atom. The average Bonchev–Trinajstić information content (AvgIpc) is 2.66. The van der Waals surface area contributed by atoms with Gasteiger partial charge in [-0.25, -0.2) is 4.98 Å². The molecule has 1 atom stereocenters. The van der Waals surface area contributed by atoms with Gasteiger partial charge in [-0.2, -0.15) is 0 Å². The number of fused-ring (bicyclic) bond motifs is 1. The molecule has 0 bridgehead atoms. The highest BCUT2D eigenvalue weighted by Gasteiger charge is 2.16. The van der Waals surface area contributed by atoms with Crippen molar-refractivity contribution >= 4 is 34.1 Å². The molecule has 0 aliphatic carbocycles. The summed E-state index contributed by atoms with van der Waals surface area (Å²) in [6.45, 7) is 5.51. The first kappa shape index (κ1) is 20.1. The van der Waals surface area contributed by atoms with Crippen molar-refractivity contribution in [1.82, 2.24) is 10.3 Å². The molecule has 142 valence electrons. The van der Waals surface area contributed by atoms with Crippen molar-refractivity contribution in [2.75, 3.05) is 13.1 Å². The summed E-state index contributed by atoms with van der Waals surface area (Å²) in [5.74, 6) is 0. The van der Waals surface area contributed by atoms with Gasteiger partial charge in [0.25, 0.3) is 0 Å². The third-order valence-electron chi connectivity index (χ3n) is 4.66. The molecule has 1 aromatic heterocycles. The summed E-state index contributed by atoms with van der Waals surface area (Å²) in [5.41, 5.74) is 4.35. The van der Waals surface area contributed by atoms with E-state index in [4.69, 9.17) is 28.2 Å². The molecule has 1 unspecified atom stereocenters. The van der Waals surface area contributed by atoms with Crippen LogP contribution in [0.1, 0.15) is 37.0 Å². The molecule has 0 spiro atoms. The molecule has 5 heteroatoms. The van der Waals surface area contributed by atoms with Crippen LogP contribution >= 0.6 is 23.2 Å². The molecule has 3 nitrogen and oxygen atoms in total. The quantitative estimate of drug-likeness (QED) is 0.480. The smallest absolute Gasteiger partial charge is 0.0921 e. The Morgan fingerprint density at radius 2 is 1.85 bits per heavy atom. The maximum atomic E-state index is 10.8. The van der Waals surface area contributed by atoms with Gasteiger partial charge in [-0.05, 0) is 61.3 Å². The molecule has 3 aromatic rings. The summed E-state index contributed by atoms with van der Waals surface area (Å²) in [6.07, 6.45) is 1.59. The predicted octanol–water partition coefficient (Wildman–Crippen LogP) is 5.94. The fraction of sp³-hybridized carbons (Fsp3) is 0.318. The van der Waals surface area contributed by atoms with Crippen LogP contribution in [0.2, 0.25) is 10.0 Å². The zero-order valence-corrected chi connectivity index (χ0v) is 17.1. The van der Waals surface area contributed by atoms with Crippen molar-refractivity contribution < 1.29 is 5.11 Å². The molecular formula is C22H24Cl2N2O. The average molecular weight is 403 g/mol. The SMILES string of the molecule is CCCCNCC(O)c1cc(-c2ccc(Cl)cc2)nc2cc(Cl)c(C)cc12. The first-order chi connectivity index (χ1) is 13.0. The molecular weight excluding hydrogens is 379 g/mol. The molecule has 2 aromatic carbocycles. The minimum absolute atomic E-state index is 0.501. The first-order valence-electron chi connectivity index (χ1n) is 9.25. The van der Waals surface area contributed by atoms with Crippen molar-refractivity contribution in [2.45, 2.75) is 32.8 Å². The molecule has 0 radical (unpaired) electrons. The summed E-state index contributed by atoms with van der Waals surface area (Å²) >= 11 is 12.3. The number of aromatic nitrogens is 1. The Balaban J connectivity index is 2.05. The lowest BCUT2D eigenvalue weighted by atomic mass is 9.99. The van der Waals surface area contributed by atoms with Gasteiger partial charge >= 0.3 is 0 Å². The van der Waals surface area contributed by atoms with Gasteiger partial charge in [-0.15, -0.1) is 0 Å². The van der Waals surface area contributed by atoms with Crippen LogP contribution in [-0.2, 0) is 0 Å². The van der Waals surface area contributed by atoms with Crippen molar-refractivity contribution in [2.24, 2.45) is 0 Å². The second-order valence-corrected chi connectivity index (χ2v) is 7.64. The number of aliphatic hydroxyl groups is 1. The lowest BCUT2D eigenvalue weighted by Crippen LogP contribution is -2.22. The molecule has 0 aliphatic heterocycles. The number of hydrogen-bond donors (Lipinski definition) is 2. The zero-order valence-electron chi connectivity index (χ0n) is 15.6. The van der Waals surface area contributed by atoms with Crippen LogP contribution in [-0.4, -0.2) is 23.2 Å². The zero-order chi connectivity index (χ0) is 19.4. The molecule has 0 fully saturated rings.